The van der Waals surface area contributed by atoms with E-state index in [2.05, 4.69) is 10.3 Å². The summed E-state index contributed by atoms with van der Waals surface area (Å²) in [6, 6.07) is 10.6. The van der Waals surface area contributed by atoms with Crippen molar-refractivity contribution in [3.8, 4) is 5.75 Å². The molecule has 2 aromatic rings. The number of methoxy groups -OCH3 is 1. The van der Waals surface area contributed by atoms with Gasteiger partial charge in [0.05, 0.1) is 7.11 Å². The maximum atomic E-state index is 13.0. The fourth-order valence-electron chi connectivity index (χ4n) is 1.92. The summed E-state index contributed by atoms with van der Waals surface area (Å²) in [5, 5.41) is 2.93. The molecule has 124 valence electrons. The Labute approximate surface area is 150 Å². The zero-order valence-electron chi connectivity index (χ0n) is 12.6. The number of nitrogens with zero attached hydrogens (tertiary/aromatic N) is 1. The minimum atomic E-state index is -0.594. The predicted octanol–water partition coefficient (Wildman–Crippen LogP) is 3.56. The van der Waals surface area contributed by atoms with E-state index < -0.39 is 11.6 Å². The minimum absolute atomic E-state index is 0. The first-order chi connectivity index (χ1) is 10.6. The van der Waals surface area contributed by atoms with Gasteiger partial charge in [0.15, 0.2) is 5.96 Å². The van der Waals surface area contributed by atoms with Gasteiger partial charge in [0.2, 0.25) is 0 Å². The molecule has 0 radical (unpaired) electrons. The van der Waals surface area contributed by atoms with Crippen LogP contribution >= 0.6 is 24.0 Å². The Morgan fingerprint density at radius 3 is 2.30 bits per heavy atom. The number of guanidine groups is 1. The van der Waals surface area contributed by atoms with E-state index in [0.717, 1.165) is 17.5 Å². The first kappa shape index (κ1) is 19.1. The Morgan fingerprint density at radius 1 is 1.13 bits per heavy atom. The van der Waals surface area contributed by atoms with Crippen LogP contribution in [0, 0.1) is 11.6 Å². The van der Waals surface area contributed by atoms with Gasteiger partial charge in [0.25, 0.3) is 0 Å². The molecule has 2 rings (SSSR count). The van der Waals surface area contributed by atoms with E-state index in [9.17, 15) is 8.78 Å². The van der Waals surface area contributed by atoms with Gasteiger partial charge in [-0.15, -0.1) is 24.0 Å². The zero-order valence-corrected chi connectivity index (χ0v) is 14.9. The van der Waals surface area contributed by atoms with E-state index in [4.69, 9.17) is 10.5 Å². The number of hydrogen-bond acceptors (Lipinski definition) is 2. The maximum Gasteiger partial charge on any atom is 0.193 e. The quantitative estimate of drug-likeness (QED) is 0.431. The van der Waals surface area contributed by atoms with Gasteiger partial charge in [-0.2, -0.15) is 0 Å². The summed E-state index contributed by atoms with van der Waals surface area (Å²) in [7, 11) is 1.59. The fraction of sp³-hybridized carbons (Fsp3) is 0.188. The van der Waals surface area contributed by atoms with Gasteiger partial charge in [0, 0.05) is 18.3 Å². The SMILES string of the molecule is COc1ccc(NC(N)=NCCc2cc(F)cc(F)c2)cc1.I. The molecule has 4 nitrogen and oxygen atoms in total. The second-order valence-corrected chi connectivity index (χ2v) is 4.65. The third kappa shape index (κ3) is 6.39. The second-order valence-electron chi connectivity index (χ2n) is 4.65. The van der Waals surface area contributed by atoms with E-state index >= 15 is 0 Å². The number of hydrogen-bond donors (Lipinski definition) is 2. The standard InChI is InChI=1S/C16H17F2N3O.HI/c1-22-15-4-2-14(3-5-15)21-16(19)20-7-6-11-8-12(17)10-13(18)9-11;/h2-5,8-10H,6-7H2,1H3,(H3,19,20,21);1H. The summed E-state index contributed by atoms with van der Waals surface area (Å²) >= 11 is 0. The van der Waals surface area contributed by atoms with Crippen molar-refractivity contribution in [2.24, 2.45) is 10.7 Å². The number of benzene rings is 2. The van der Waals surface area contributed by atoms with E-state index in [1.165, 1.54) is 12.1 Å². The van der Waals surface area contributed by atoms with Crippen molar-refractivity contribution in [2.45, 2.75) is 6.42 Å². The highest BCUT2D eigenvalue weighted by Gasteiger charge is 2.01. The lowest BCUT2D eigenvalue weighted by Gasteiger charge is -2.07. The average Bonchev–Trinajstić information content (AvgIpc) is 2.47. The van der Waals surface area contributed by atoms with Crippen LogP contribution in [0.4, 0.5) is 14.5 Å². The number of nitrogens with two attached hydrogens (primary N) is 1. The molecule has 0 atom stereocenters. The molecule has 0 spiro atoms. The Bertz CT molecular complexity index is 643. The summed E-state index contributed by atoms with van der Waals surface area (Å²) in [4.78, 5) is 4.12. The van der Waals surface area contributed by atoms with Gasteiger partial charge in [0.1, 0.15) is 17.4 Å². The number of halogens is 3. The Hall–Kier alpha value is -1.90. The summed E-state index contributed by atoms with van der Waals surface area (Å²) in [6.45, 7) is 0.331. The molecule has 0 amide bonds. The molecule has 0 fully saturated rings. The van der Waals surface area contributed by atoms with Gasteiger partial charge in [-0.05, 0) is 48.4 Å². The molecule has 3 N–H and O–H groups in total. The molecule has 0 saturated carbocycles. The molecule has 7 heteroatoms. The Balaban J connectivity index is 0.00000264. The van der Waals surface area contributed by atoms with Crippen molar-refractivity contribution in [1.29, 1.82) is 0 Å². The van der Waals surface area contributed by atoms with Gasteiger partial charge in [-0.1, -0.05) is 0 Å². The molecule has 0 aliphatic rings. The largest absolute Gasteiger partial charge is 0.497 e. The molecule has 0 saturated heterocycles. The van der Waals surface area contributed by atoms with Gasteiger partial charge >= 0.3 is 0 Å². The van der Waals surface area contributed by atoms with Crippen molar-refractivity contribution in [3.05, 3.63) is 59.7 Å². The molecule has 0 aliphatic carbocycles. The van der Waals surface area contributed by atoms with E-state index in [-0.39, 0.29) is 29.9 Å². The second kappa shape index (κ2) is 9.29. The normalized spacial score (nSPS) is 10.8. The average molecular weight is 433 g/mol. The number of aliphatic imine (C=N–C) groups is 1. The zero-order chi connectivity index (χ0) is 15.9. The van der Waals surface area contributed by atoms with E-state index in [1.54, 1.807) is 19.2 Å². The number of ether oxygens (including phenoxy) is 1. The van der Waals surface area contributed by atoms with Crippen LogP contribution in [0.2, 0.25) is 0 Å². The van der Waals surface area contributed by atoms with E-state index in [0.29, 0.717) is 18.5 Å². The van der Waals surface area contributed by atoms with Crippen LogP contribution < -0.4 is 15.8 Å². The van der Waals surface area contributed by atoms with E-state index in [1.807, 2.05) is 12.1 Å². The minimum Gasteiger partial charge on any atom is -0.497 e. The van der Waals surface area contributed by atoms with Crippen molar-refractivity contribution < 1.29 is 13.5 Å². The highest BCUT2D eigenvalue weighted by Crippen LogP contribution is 2.14. The van der Waals surface area contributed by atoms with Crippen LogP contribution in [0.3, 0.4) is 0 Å². The number of nitrogens with one attached hydrogen (secondary N) is 1. The van der Waals surface area contributed by atoms with Crippen molar-refractivity contribution in [2.75, 3.05) is 19.0 Å². The molecule has 2 aromatic carbocycles. The van der Waals surface area contributed by atoms with Crippen LogP contribution in [-0.2, 0) is 6.42 Å². The predicted molar refractivity (Wildman–Crippen MR) is 98.6 cm³/mol. The monoisotopic (exact) mass is 433 g/mol. The summed E-state index contributed by atoms with van der Waals surface area (Å²) in [5.41, 5.74) is 7.08. The molecule has 0 heterocycles. The van der Waals surface area contributed by atoms with Crippen LogP contribution in [0.1, 0.15) is 5.56 Å². The third-order valence-corrected chi connectivity index (χ3v) is 2.97. The molecule has 0 bridgehead atoms. The Morgan fingerprint density at radius 2 is 1.74 bits per heavy atom. The van der Waals surface area contributed by atoms with Crippen molar-refractivity contribution in [3.63, 3.8) is 0 Å². The molecular formula is C16H18F2IN3O. The summed E-state index contributed by atoms with van der Waals surface area (Å²) < 4.78 is 31.1. The first-order valence-electron chi connectivity index (χ1n) is 6.73. The summed E-state index contributed by atoms with van der Waals surface area (Å²) in [5.74, 6) is -0.206. The summed E-state index contributed by atoms with van der Waals surface area (Å²) in [6.07, 6.45) is 0.402. The van der Waals surface area contributed by atoms with Crippen molar-refractivity contribution in [1.82, 2.24) is 0 Å². The van der Waals surface area contributed by atoms with Crippen LogP contribution in [0.15, 0.2) is 47.5 Å². The Kier molecular flexibility index (Phi) is 7.73. The van der Waals surface area contributed by atoms with Crippen LogP contribution in [-0.4, -0.2) is 19.6 Å². The number of anilines is 1. The molecule has 0 aliphatic heterocycles. The lowest BCUT2D eigenvalue weighted by atomic mass is 10.1. The van der Waals surface area contributed by atoms with Gasteiger partial charge in [-0.3, -0.25) is 4.99 Å². The lowest BCUT2D eigenvalue weighted by molar-refractivity contribution is 0.415. The third-order valence-electron chi connectivity index (χ3n) is 2.97. The molecule has 0 unspecified atom stereocenters. The molecule has 0 aromatic heterocycles. The highest BCUT2D eigenvalue weighted by atomic mass is 127. The first-order valence-corrected chi connectivity index (χ1v) is 6.73. The molecular weight excluding hydrogens is 415 g/mol. The van der Waals surface area contributed by atoms with Gasteiger partial charge < -0.3 is 15.8 Å². The van der Waals surface area contributed by atoms with Gasteiger partial charge in [-0.25, -0.2) is 8.78 Å². The lowest BCUT2D eigenvalue weighted by Crippen LogP contribution is -2.23. The highest BCUT2D eigenvalue weighted by molar-refractivity contribution is 14.0. The van der Waals surface area contributed by atoms with Crippen LogP contribution in [0.25, 0.3) is 0 Å². The van der Waals surface area contributed by atoms with Crippen LogP contribution in [0.5, 0.6) is 5.75 Å². The molecule has 23 heavy (non-hydrogen) atoms. The smallest absolute Gasteiger partial charge is 0.193 e. The topological polar surface area (TPSA) is 59.6 Å². The maximum absolute atomic E-state index is 13.0. The number of rotatable bonds is 5. The van der Waals surface area contributed by atoms with Crippen molar-refractivity contribution >= 4 is 35.6 Å². The fourth-order valence-corrected chi connectivity index (χ4v) is 1.92.